The Morgan fingerprint density at radius 3 is 2.45 bits per heavy atom. The second-order valence-corrected chi connectivity index (χ2v) is 8.09. The molecular weight excluding hydrogens is 411 g/mol. The number of benzene rings is 3. The van der Waals surface area contributed by atoms with Crippen molar-refractivity contribution in [3.63, 3.8) is 0 Å². The Bertz CT molecular complexity index is 1210. The molecule has 0 aliphatic rings. The van der Waals surface area contributed by atoms with Crippen molar-refractivity contribution in [1.82, 2.24) is 14.8 Å². The molecule has 0 saturated carbocycles. The smallest absolute Gasteiger partial charge is 0.234 e. The number of nitrogens with zero attached hydrogens (tertiary/aromatic N) is 3. The van der Waals surface area contributed by atoms with Crippen LogP contribution in [0.5, 0.6) is 0 Å². The van der Waals surface area contributed by atoms with Crippen LogP contribution in [0.2, 0.25) is 0 Å². The van der Waals surface area contributed by atoms with Gasteiger partial charge < -0.3 is 5.32 Å². The van der Waals surface area contributed by atoms with E-state index in [-0.39, 0.29) is 17.5 Å². The Hall–Kier alpha value is -3.45. The summed E-state index contributed by atoms with van der Waals surface area (Å²) in [5.41, 5.74) is 3.96. The van der Waals surface area contributed by atoms with Gasteiger partial charge in [0.15, 0.2) is 11.0 Å². The van der Waals surface area contributed by atoms with E-state index in [4.69, 9.17) is 0 Å². The first-order valence-electron chi connectivity index (χ1n) is 9.78. The molecule has 7 heteroatoms. The third-order valence-electron chi connectivity index (χ3n) is 4.75. The first-order valence-corrected chi connectivity index (χ1v) is 10.8. The number of amides is 1. The summed E-state index contributed by atoms with van der Waals surface area (Å²) in [6.07, 6.45) is 0. The molecule has 1 aromatic heterocycles. The number of thioether (sulfide) groups is 1. The highest BCUT2D eigenvalue weighted by atomic mass is 32.2. The van der Waals surface area contributed by atoms with Crippen LogP contribution in [0.4, 0.5) is 10.1 Å². The summed E-state index contributed by atoms with van der Waals surface area (Å²) in [7, 11) is 0. The Morgan fingerprint density at radius 1 is 1.00 bits per heavy atom. The largest absolute Gasteiger partial charge is 0.325 e. The monoisotopic (exact) mass is 432 g/mol. The van der Waals surface area contributed by atoms with Gasteiger partial charge in [-0.05, 0) is 43.7 Å². The van der Waals surface area contributed by atoms with Gasteiger partial charge in [0.1, 0.15) is 5.82 Å². The summed E-state index contributed by atoms with van der Waals surface area (Å²) in [6, 6.07) is 22.5. The molecule has 0 atom stereocenters. The number of rotatable bonds is 6. The van der Waals surface area contributed by atoms with Crippen LogP contribution in [-0.4, -0.2) is 26.4 Å². The molecule has 0 saturated heterocycles. The number of aryl methyl sites for hydroxylation is 2. The SMILES string of the molecule is Cc1ccc(-n2c(SCC(=O)Nc3ccc(C)c(F)c3)nnc2-c2ccccc2)cc1. The number of aromatic nitrogens is 3. The van der Waals surface area contributed by atoms with Crippen molar-refractivity contribution in [2.75, 3.05) is 11.1 Å². The molecule has 0 fully saturated rings. The molecule has 5 nitrogen and oxygen atoms in total. The molecule has 156 valence electrons. The van der Waals surface area contributed by atoms with Crippen molar-refractivity contribution in [2.45, 2.75) is 19.0 Å². The fourth-order valence-corrected chi connectivity index (χ4v) is 3.81. The molecule has 1 N–H and O–H groups in total. The third-order valence-corrected chi connectivity index (χ3v) is 5.67. The molecule has 0 bridgehead atoms. The Balaban J connectivity index is 1.57. The van der Waals surface area contributed by atoms with Crippen LogP contribution in [0.15, 0.2) is 78.0 Å². The van der Waals surface area contributed by atoms with Gasteiger partial charge in [0.25, 0.3) is 0 Å². The molecule has 1 amide bonds. The van der Waals surface area contributed by atoms with Gasteiger partial charge in [-0.25, -0.2) is 4.39 Å². The highest BCUT2D eigenvalue weighted by molar-refractivity contribution is 7.99. The van der Waals surface area contributed by atoms with E-state index in [1.54, 1.807) is 19.1 Å². The molecular formula is C24H21FN4OS. The Morgan fingerprint density at radius 2 is 1.74 bits per heavy atom. The van der Waals surface area contributed by atoms with E-state index < -0.39 is 0 Å². The topological polar surface area (TPSA) is 59.8 Å². The first-order chi connectivity index (χ1) is 15.0. The molecule has 3 aromatic carbocycles. The maximum absolute atomic E-state index is 13.7. The number of hydrogen-bond acceptors (Lipinski definition) is 4. The van der Waals surface area contributed by atoms with Gasteiger partial charge in [-0.15, -0.1) is 10.2 Å². The fraction of sp³-hybridized carbons (Fsp3) is 0.125. The first kappa shape index (κ1) is 20.8. The number of carbonyl (C=O) groups excluding carboxylic acids is 1. The summed E-state index contributed by atoms with van der Waals surface area (Å²) < 4.78 is 15.7. The molecule has 31 heavy (non-hydrogen) atoms. The van der Waals surface area contributed by atoms with Gasteiger partial charge in [-0.3, -0.25) is 9.36 Å². The molecule has 0 unspecified atom stereocenters. The zero-order chi connectivity index (χ0) is 21.8. The maximum Gasteiger partial charge on any atom is 0.234 e. The maximum atomic E-state index is 13.7. The summed E-state index contributed by atoms with van der Waals surface area (Å²) >= 11 is 1.28. The van der Waals surface area contributed by atoms with Crippen LogP contribution in [0.25, 0.3) is 17.1 Å². The summed E-state index contributed by atoms with van der Waals surface area (Å²) in [5.74, 6) is 0.229. The molecule has 0 spiro atoms. The van der Waals surface area contributed by atoms with Crippen LogP contribution in [0, 0.1) is 19.7 Å². The number of carbonyl (C=O) groups is 1. The van der Waals surface area contributed by atoms with Crippen molar-refractivity contribution in [3.05, 3.63) is 89.7 Å². The van der Waals surface area contributed by atoms with Gasteiger partial charge in [-0.2, -0.15) is 0 Å². The predicted molar refractivity (Wildman–Crippen MR) is 122 cm³/mol. The van der Waals surface area contributed by atoms with E-state index in [1.807, 2.05) is 66.1 Å². The van der Waals surface area contributed by atoms with Gasteiger partial charge in [0, 0.05) is 16.9 Å². The van der Waals surface area contributed by atoms with Crippen molar-refractivity contribution >= 4 is 23.4 Å². The van der Waals surface area contributed by atoms with Crippen LogP contribution >= 0.6 is 11.8 Å². The molecule has 4 rings (SSSR count). The lowest BCUT2D eigenvalue weighted by molar-refractivity contribution is -0.113. The molecule has 4 aromatic rings. The van der Waals surface area contributed by atoms with Crippen LogP contribution < -0.4 is 5.32 Å². The lowest BCUT2D eigenvalue weighted by atomic mass is 10.2. The van der Waals surface area contributed by atoms with Gasteiger partial charge in [0.05, 0.1) is 5.75 Å². The molecule has 1 heterocycles. The average molecular weight is 433 g/mol. The standard InChI is InChI=1S/C24H21FN4OS/c1-16-8-12-20(13-9-16)29-23(18-6-4-3-5-7-18)27-28-24(29)31-15-22(30)26-19-11-10-17(2)21(25)14-19/h3-14H,15H2,1-2H3,(H,26,30). The zero-order valence-electron chi connectivity index (χ0n) is 17.2. The van der Waals surface area contributed by atoms with Gasteiger partial charge in [-0.1, -0.05) is 65.9 Å². The van der Waals surface area contributed by atoms with E-state index >= 15 is 0 Å². The number of hydrogen-bond donors (Lipinski definition) is 1. The van der Waals surface area contributed by atoms with Crippen LogP contribution in [0.3, 0.4) is 0 Å². The van der Waals surface area contributed by atoms with Crippen molar-refractivity contribution in [3.8, 4) is 17.1 Å². The Labute approximate surface area is 184 Å². The summed E-state index contributed by atoms with van der Waals surface area (Å²) in [6.45, 7) is 3.71. The third kappa shape index (κ3) is 4.83. The van der Waals surface area contributed by atoms with Crippen molar-refractivity contribution in [1.29, 1.82) is 0 Å². The second kappa shape index (κ2) is 9.14. The molecule has 0 aliphatic carbocycles. The van der Waals surface area contributed by atoms with E-state index in [2.05, 4.69) is 15.5 Å². The minimum Gasteiger partial charge on any atom is -0.325 e. The lowest BCUT2D eigenvalue weighted by Crippen LogP contribution is -2.14. The highest BCUT2D eigenvalue weighted by Crippen LogP contribution is 2.28. The van der Waals surface area contributed by atoms with E-state index in [9.17, 15) is 9.18 Å². The minimum atomic E-state index is -0.350. The molecule has 0 aliphatic heterocycles. The quantitative estimate of drug-likeness (QED) is 0.413. The fourth-order valence-electron chi connectivity index (χ4n) is 3.06. The zero-order valence-corrected chi connectivity index (χ0v) is 18.0. The normalized spacial score (nSPS) is 10.8. The summed E-state index contributed by atoms with van der Waals surface area (Å²) in [4.78, 5) is 12.4. The average Bonchev–Trinajstić information content (AvgIpc) is 3.20. The minimum absolute atomic E-state index is 0.119. The van der Waals surface area contributed by atoms with Crippen LogP contribution in [0.1, 0.15) is 11.1 Å². The Kier molecular flexibility index (Phi) is 6.13. The number of halogens is 1. The number of nitrogens with one attached hydrogen (secondary N) is 1. The molecule has 0 radical (unpaired) electrons. The second-order valence-electron chi connectivity index (χ2n) is 7.14. The van der Waals surface area contributed by atoms with E-state index in [1.165, 1.54) is 17.8 Å². The van der Waals surface area contributed by atoms with E-state index in [0.717, 1.165) is 16.8 Å². The summed E-state index contributed by atoms with van der Waals surface area (Å²) in [5, 5.41) is 12.0. The van der Waals surface area contributed by atoms with Crippen LogP contribution in [-0.2, 0) is 4.79 Å². The van der Waals surface area contributed by atoms with Gasteiger partial charge in [0.2, 0.25) is 5.91 Å². The number of anilines is 1. The lowest BCUT2D eigenvalue weighted by Gasteiger charge is -2.11. The van der Waals surface area contributed by atoms with E-state index in [0.29, 0.717) is 22.2 Å². The van der Waals surface area contributed by atoms with Crippen molar-refractivity contribution in [2.24, 2.45) is 0 Å². The highest BCUT2D eigenvalue weighted by Gasteiger charge is 2.17. The van der Waals surface area contributed by atoms with Gasteiger partial charge >= 0.3 is 0 Å². The predicted octanol–water partition coefficient (Wildman–Crippen LogP) is 5.42. The van der Waals surface area contributed by atoms with Crippen molar-refractivity contribution < 1.29 is 9.18 Å².